The van der Waals surface area contributed by atoms with E-state index in [2.05, 4.69) is 0 Å². The Morgan fingerprint density at radius 1 is 1.10 bits per heavy atom. The Hall–Kier alpha value is -1.14. The molecule has 2 rings (SSSR count). The highest BCUT2D eigenvalue weighted by Crippen LogP contribution is 2.38. The van der Waals surface area contributed by atoms with Gasteiger partial charge in [-0.1, -0.05) is 24.3 Å². The molecule has 0 amide bonds. The molecule has 0 atom stereocenters. The second-order valence-electron chi connectivity index (χ2n) is 6.16. The largest absolute Gasteiger partial charge is 0.525 e. The average Bonchev–Trinajstić information content (AvgIpc) is 2.59. The summed E-state index contributed by atoms with van der Waals surface area (Å²) in [5, 5.41) is 18.0. The predicted molar refractivity (Wildman–Crippen MR) is 81.4 cm³/mol. The molecule has 1 aromatic rings. The Morgan fingerprint density at radius 2 is 1.57 bits per heavy atom. The Kier molecular flexibility index (Phi) is 4.31. The third-order valence-corrected chi connectivity index (χ3v) is 4.02. The van der Waals surface area contributed by atoms with Crippen LogP contribution in [-0.4, -0.2) is 35.5 Å². The van der Waals surface area contributed by atoms with Gasteiger partial charge < -0.3 is 19.4 Å². The number of benzene rings is 1. The molecule has 1 saturated heterocycles. The molecule has 1 aromatic carbocycles. The molecule has 1 fully saturated rings. The fourth-order valence-electron chi connectivity index (χ4n) is 1.95. The average molecular weight is 292 g/mol. The van der Waals surface area contributed by atoms with E-state index in [1.165, 1.54) is 18.2 Å². The molecule has 2 N–H and O–H groups in total. The van der Waals surface area contributed by atoms with Crippen LogP contribution >= 0.6 is 0 Å². The molecule has 1 aliphatic heterocycles. The molecule has 21 heavy (non-hydrogen) atoms. The Labute approximate surface area is 124 Å². The van der Waals surface area contributed by atoms with Gasteiger partial charge in [-0.05, 0) is 44.8 Å². The van der Waals surface area contributed by atoms with Crippen molar-refractivity contribution in [2.24, 2.45) is 0 Å². The number of hydrogen-bond acceptors (Lipinski definition) is 4. The monoisotopic (exact) mass is 292 g/mol. The van der Waals surface area contributed by atoms with Gasteiger partial charge in [-0.15, -0.1) is 0 Å². The van der Waals surface area contributed by atoms with E-state index in [9.17, 15) is 4.39 Å². The third kappa shape index (κ3) is 3.37. The van der Waals surface area contributed by atoms with E-state index in [1.807, 2.05) is 27.7 Å². The minimum Gasteiger partial charge on any atom is -0.423 e. The second kappa shape index (κ2) is 5.57. The van der Waals surface area contributed by atoms with Crippen LogP contribution in [0.15, 0.2) is 30.0 Å². The third-order valence-electron chi connectivity index (χ3n) is 4.02. The molecule has 1 aliphatic rings. The zero-order valence-corrected chi connectivity index (χ0v) is 12.6. The normalized spacial score (nSPS) is 20.7. The van der Waals surface area contributed by atoms with E-state index in [0.29, 0.717) is 11.0 Å². The van der Waals surface area contributed by atoms with Crippen LogP contribution in [0.2, 0.25) is 0 Å². The molecule has 0 bridgehead atoms. The fraction of sp³-hybridized carbons (Fsp3) is 0.429. The number of hydrogen-bond donors (Lipinski definition) is 2. The van der Waals surface area contributed by atoms with Gasteiger partial charge in [0.15, 0.2) is 0 Å². The SMILES string of the molecule is CC1(C)OB(C(F)=Cc2ccc(B(O)O)cc2)OC1(C)C. The lowest BCUT2D eigenvalue weighted by Gasteiger charge is -2.32. The van der Waals surface area contributed by atoms with Crippen LogP contribution in [0.25, 0.3) is 6.08 Å². The van der Waals surface area contributed by atoms with Crippen molar-refractivity contribution < 1.29 is 23.7 Å². The molecule has 7 heteroatoms. The summed E-state index contributed by atoms with van der Waals surface area (Å²) in [7, 11) is -2.56. The molecular weight excluding hydrogens is 273 g/mol. The lowest BCUT2D eigenvalue weighted by Crippen LogP contribution is -2.41. The summed E-state index contributed by atoms with van der Waals surface area (Å²) in [6, 6.07) is 6.24. The van der Waals surface area contributed by atoms with Crippen LogP contribution in [-0.2, 0) is 9.31 Å². The predicted octanol–water partition coefficient (Wildman–Crippen LogP) is 1.31. The first kappa shape index (κ1) is 16.2. The highest BCUT2D eigenvalue weighted by atomic mass is 19.1. The Bertz CT molecular complexity index is 524. The van der Waals surface area contributed by atoms with Crippen molar-refractivity contribution in [3.8, 4) is 0 Å². The minimum absolute atomic E-state index is 0.350. The topological polar surface area (TPSA) is 58.9 Å². The molecule has 0 aliphatic carbocycles. The Balaban J connectivity index is 2.15. The van der Waals surface area contributed by atoms with Crippen LogP contribution < -0.4 is 5.46 Å². The van der Waals surface area contributed by atoms with Crippen molar-refractivity contribution in [3.05, 3.63) is 35.6 Å². The van der Waals surface area contributed by atoms with Gasteiger partial charge in [0, 0.05) is 0 Å². The summed E-state index contributed by atoms with van der Waals surface area (Å²) < 4.78 is 25.5. The standard InChI is InChI=1S/C14H19B2FO4/c1-13(2)14(3,4)21-16(20-13)12(17)9-10-5-7-11(8-6-10)15(18)19/h5-9,18-19H,1-4H3. The van der Waals surface area contributed by atoms with E-state index >= 15 is 0 Å². The first-order chi connectivity index (χ1) is 9.62. The smallest absolute Gasteiger partial charge is 0.423 e. The molecule has 1 heterocycles. The van der Waals surface area contributed by atoms with Gasteiger partial charge in [0.25, 0.3) is 0 Å². The summed E-state index contributed by atoms with van der Waals surface area (Å²) in [4.78, 5) is 0. The van der Waals surface area contributed by atoms with Crippen molar-refractivity contribution in [2.45, 2.75) is 38.9 Å². The maximum absolute atomic E-state index is 14.3. The van der Waals surface area contributed by atoms with Crippen molar-refractivity contribution in [3.63, 3.8) is 0 Å². The maximum Gasteiger partial charge on any atom is 0.525 e. The van der Waals surface area contributed by atoms with E-state index in [4.69, 9.17) is 19.4 Å². The molecular formula is C14H19B2FO4. The zero-order chi connectivity index (χ0) is 15.8. The maximum atomic E-state index is 14.3. The summed E-state index contributed by atoms with van der Waals surface area (Å²) in [5.74, 6) is 0. The van der Waals surface area contributed by atoms with Crippen LogP contribution in [0.1, 0.15) is 33.3 Å². The lowest BCUT2D eigenvalue weighted by molar-refractivity contribution is 0.00578. The quantitative estimate of drug-likeness (QED) is 0.825. The van der Waals surface area contributed by atoms with Gasteiger partial charge in [0.1, 0.15) is 5.73 Å². The van der Waals surface area contributed by atoms with Crippen LogP contribution in [0, 0.1) is 0 Å². The lowest BCUT2D eigenvalue weighted by atomic mass is 9.80. The molecule has 0 spiro atoms. The van der Waals surface area contributed by atoms with Crippen molar-refractivity contribution in [1.82, 2.24) is 0 Å². The van der Waals surface area contributed by atoms with Crippen LogP contribution in [0.4, 0.5) is 4.39 Å². The zero-order valence-electron chi connectivity index (χ0n) is 12.6. The first-order valence-corrected chi connectivity index (χ1v) is 6.81. The molecule has 4 nitrogen and oxygen atoms in total. The van der Waals surface area contributed by atoms with Crippen molar-refractivity contribution in [2.75, 3.05) is 0 Å². The fourth-order valence-corrected chi connectivity index (χ4v) is 1.95. The van der Waals surface area contributed by atoms with Gasteiger partial charge in [0.05, 0.1) is 11.2 Å². The van der Waals surface area contributed by atoms with Crippen molar-refractivity contribution >= 4 is 25.8 Å². The van der Waals surface area contributed by atoms with Crippen LogP contribution in [0.3, 0.4) is 0 Å². The van der Waals surface area contributed by atoms with Gasteiger partial charge in [-0.25, -0.2) is 4.39 Å². The second-order valence-corrected chi connectivity index (χ2v) is 6.16. The molecule has 0 unspecified atom stereocenters. The number of halogens is 1. The minimum atomic E-state index is -1.53. The molecule has 0 saturated carbocycles. The summed E-state index contributed by atoms with van der Waals surface area (Å²) in [5.41, 5.74) is -0.762. The van der Waals surface area contributed by atoms with Gasteiger partial charge in [-0.2, -0.15) is 0 Å². The molecule has 112 valence electrons. The summed E-state index contributed by atoms with van der Waals surface area (Å²) in [6.07, 6.45) is 1.32. The van der Waals surface area contributed by atoms with Crippen molar-refractivity contribution in [1.29, 1.82) is 0 Å². The highest BCUT2D eigenvalue weighted by molar-refractivity contribution is 6.58. The highest BCUT2D eigenvalue weighted by Gasteiger charge is 2.53. The Morgan fingerprint density at radius 3 is 2.00 bits per heavy atom. The van der Waals surface area contributed by atoms with Gasteiger partial charge in [-0.3, -0.25) is 0 Å². The van der Waals surface area contributed by atoms with Gasteiger partial charge >= 0.3 is 14.2 Å². The van der Waals surface area contributed by atoms with E-state index in [0.717, 1.165) is 0 Å². The van der Waals surface area contributed by atoms with E-state index in [1.54, 1.807) is 12.1 Å². The van der Waals surface area contributed by atoms with E-state index < -0.39 is 31.2 Å². The molecule has 0 aromatic heterocycles. The van der Waals surface area contributed by atoms with Crippen LogP contribution in [0.5, 0.6) is 0 Å². The number of rotatable bonds is 3. The van der Waals surface area contributed by atoms with E-state index in [-0.39, 0.29) is 0 Å². The van der Waals surface area contributed by atoms with Gasteiger partial charge in [0.2, 0.25) is 0 Å². The molecule has 0 radical (unpaired) electrons. The first-order valence-electron chi connectivity index (χ1n) is 6.81. The summed E-state index contributed by atoms with van der Waals surface area (Å²) in [6.45, 7) is 7.44. The summed E-state index contributed by atoms with van der Waals surface area (Å²) >= 11 is 0.